The molecule has 3 unspecified atom stereocenters. The van der Waals surface area contributed by atoms with Gasteiger partial charge in [0.05, 0.1) is 0 Å². The quantitative estimate of drug-likeness (QED) is 0.543. The monoisotopic (exact) mass is 419 g/mol. The minimum Gasteiger partial charge on any atom is -0.444 e. The van der Waals surface area contributed by atoms with Crippen LogP contribution >= 0.6 is 0 Å². The Bertz CT molecular complexity index is 696. The Labute approximate surface area is 182 Å². The van der Waals surface area contributed by atoms with E-state index in [9.17, 15) is 4.79 Å². The van der Waals surface area contributed by atoms with E-state index >= 15 is 0 Å². The van der Waals surface area contributed by atoms with Crippen LogP contribution in [-0.4, -0.2) is 33.3 Å². The highest BCUT2D eigenvalue weighted by Gasteiger charge is 2.47. The van der Waals surface area contributed by atoms with Crippen LogP contribution in [0.5, 0.6) is 0 Å². The van der Waals surface area contributed by atoms with Crippen LogP contribution in [0.15, 0.2) is 4.52 Å². The molecule has 3 rings (SSSR count). The second kappa shape index (κ2) is 9.69. The molecule has 6 heteroatoms. The van der Waals surface area contributed by atoms with E-state index in [1.54, 1.807) is 4.90 Å². The molecule has 1 amide bonds. The number of carbonyl (C=O) groups is 1. The first kappa shape index (κ1) is 23.1. The molecule has 1 aromatic heterocycles. The summed E-state index contributed by atoms with van der Waals surface area (Å²) in [5, 5.41) is 4.40. The van der Waals surface area contributed by atoms with E-state index in [1.807, 2.05) is 27.7 Å². The molecule has 1 aliphatic carbocycles. The molecule has 2 aliphatic rings. The van der Waals surface area contributed by atoms with Crippen molar-refractivity contribution in [1.82, 2.24) is 15.0 Å². The lowest BCUT2D eigenvalue weighted by Gasteiger charge is -2.33. The fourth-order valence-corrected chi connectivity index (χ4v) is 4.91. The van der Waals surface area contributed by atoms with Crippen molar-refractivity contribution in [1.29, 1.82) is 0 Å². The van der Waals surface area contributed by atoms with Gasteiger partial charge in [-0.3, -0.25) is 4.90 Å². The number of aromatic nitrogens is 2. The van der Waals surface area contributed by atoms with E-state index in [0.29, 0.717) is 18.4 Å². The van der Waals surface area contributed by atoms with Crippen LogP contribution in [0, 0.1) is 5.92 Å². The molecule has 1 aliphatic heterocycles. The lowest BCUT2D eigenvalue weighted by Crippen LogP contribution is -2.45. The average molecular weight is 420 g/mol. The zero-order chi connectivity index (χ0) is 21.8. The van der Waals surface area contributed by atoms with Crippen LogP contribution in [0.2, 0.25) is 0 Å². The molecule has 1 saturated heterocycles. The van der Waals surface area contributed by atoms with Crippen LogP contribution < -0.4 is 0 Å². The van der Waals surface area contributed by atoms with E-state index in [0.717, 1.165) is 37.4 Å². The summed E-state index contributed by atoms with van der Waals surface area (Å²) < 4.78 is 11.4. The number of nitrogens with zero attached hydrogens (tertiary/aromatic N) is 3. The maximum absolute atomic E-state index is 12.8. The SMILES string of the molecule is CC1CCCCCCC(c2noc(C3(C)CCCN3C(=O)OC(C)(C)C)n2)CCC1. The van der Waals surface area contributed by atoms with Gasteiger partial charge in [-0.15, -0.1) is 0 Å². The molecule has 0 radical (unpaired) electrons. The van der Waals surface area contributed by atoms with Crippen LogP contribution in [0.25, 0.3) is 0 Å². The van der Waals surface area contributed by atoms with Gasteiger partial charge in [-0.1, -0.05) is 57.0 Å². The molecule has 2 heterocycles. The van der Waals surface area contributed by atoms with E-state index in [2.05, 4.69) is 12.1 Å². The molecule has 30 heavy (non-hydrogen) atoms. The zero-order valence-corrected chi connectivity index (χ0v) is 19.7. The van der Waals surface area contributed by atoms with Crippen LogP contribution in [-0.2, 0) is 10.3 Å². The first-order chi connectivity index (χ1) is 14.2. The molecule has 0 aromatic carbocycles. The van der Waals surface area contributed by atoms with Crippen molar-refractivity contribution in [3.8, 4) is 0 Å². The fourth-order valence-electron chi connectivity index (χ4n) is 4.91. The Morgan fingerprint density at radius 2 is 1.73 bits per heavy atom. The van der Waals surface area contributed by atoms with Gasteiger partial charge < -0.3 is 9.26 Å². The Hall–Kier alpha value is -1.59. The van der Waals surface area contributed by atoms with E-state index in [-0.39, 0.29) is 6.09 Å². The number of carbonyl (C=O) groups excluding carboxylic acids is 1. The first-order valence-electron chi connectivity index (χ1n) is 12.0. The lowest BCUT2D eigenvalue weighted by atomic mass is 9.92. The zero-order valence-electron chi connectivity index (χ0n) is 19.7. The summed E-state index contributed by atoms with van der Waals surface area (Å²) in [7, 11) is 0. The highest BCUT2D eigenvalue weighted by Crippen LogP contribution is 2.39. The third-order valence-electron chi connectivity index (χ3n) is 6.77. The number of ether oxygens (including phenoxy) is 1. The highest BCUT2D eigenvalue weighted by molar-refractivity contribution is 5.69. The number of hydrogen-bond donors (Lipinski definition) is 0. The molecule has 0 N–H and O–H groups in total. The van der Waals surface area contributed by atoms with Crippen LogP contribution in [0.1, 0.15) is 123 Å². The van der Waals surface area contributed by atoms with Crippen molar-refractivity contribution in [2.45, 2.75) is 122 Å². The molecule has 2 fully saturated rings. The summed E-state index contributed by atoms with van der Waals surface area (Å²) >= 11 is 0. The number of likely N-dealkylation sites (tertiary alicyclic amines) is 1. The third-order valence-corrected chi connectivity index (χ3v) is 6.77. The van der Waals surface area contributed by atoms with Crippen LogP contribution in [0.4, 0.5) is 4.79 Å². The molecule has 0 bridgehead atoms. The van der Waals surface area contributed by atoms with Crippen LogP contribution in [0.3, 0.4) is 0 Å². The molecule has 3 atom stereocenters. The summed E-state index contributed by atoms with van der Waals surface area (Å²) in [5.74, 6) is 2.55. The molecule has 1 saturated carbocycles. The Balaban J connectivity index is 1.73. The smallest absolute Gasteiger partial charge is 0.411 e. The van der Waals surface area contributed by atoms with Gasteiger partial charge in [-0.2, -0.15) is 4.98 Å². The Morgan fingerprint density at radius 3 is 2.47 bits per heavy atom. The van der Waals surface area contributed by atoms with E-state index in [4.69, 9.17) is 14.2 Å². The molecule has 6 nitrogen and oxygen atoms in total. The summed E-state index contributed by atoms with van der Waals surface area (Å²) in [6.45, 7) is 10.7. The average Bonchev–Trinajstić information content (AvgIpc) is 3.28. The second-order valence-electron chi connectivity index (χ2n) is 10.7. The van der Waals surface area contributed by atoms with E-state index < -0.39 is 11.1 Å². The summed E-state index contributed by atoms with van der Waals surface area (Å²) in [4.78, 5) is 19.4. The van der Waals surface area contributed by atoms with Crippen molar-refractivity contribution in [2.75, 3.05) is 6.54 Å². The van der Waals surface area contributed by atoms with Gasteiger partial charge in [0.25, 0.3) is 5.89 Å². The summed E-state index contributed by atoms with van der Waals surface area (Å²) in [6.07, 6.45) is 12.7. The number of rotatable bonds is 2. The van der Waals surface area contributed by atoms with Gasteiger partial charge in [-0.25, -0.2) is 4.79 Å². The maximum atomic E-state index is 12.8. The normalized spacial score (nSPS) is 29.4. The molecule has 170 valence electrons. The van der Waals surface area contributed by atoms with Gasteiger partial charge in [0.2, 0.25) is 0 Å². The Morgan fingerprint density at radius 1 is 1.07 bits per heavy atom. The summed E-state index contributed by atoms with van der Waals surface area (Å²) in [5.41, 5.74) is -1.11. The number of amides is 1. The predicted molar refractivity (Wildman–Crippen MR) is 117 cm³/mol. The second-order valence-corrected chi connectivity index (χ2v) is 10.7. The van der Waals surface area contributed by atoms with Crippen molar-refractivity contribution in [3.05, 3.63) is 11.7 Å². The predicted octanol–water partition coefficient (Wildman–Crippen LogP) is 6.56. The van der Waals surface area contributed by atoms with Crippen molar-refractivity contribution >= 4 is 6.09 Å². The largest absolute Gasteiger partial charge is 0.444 e. The highest BCUT2D eigenvalue weighted by atomic mass is 16.6. The van der Waals surface area contributed by atoms with E-state index in [1.165, 1.54) is 44.9 Å². The molecular weight excluding hydrogens is 378 g/mol. The van der Waals surface area contributed by atoms with Gasteiger partial charge in [-0.05, 0) is 59.3 Å². The summed E-state index contributed by atoms with van der Waals surface area (Å²) in [6, 6.07) is 0. The van der Waals surface area contributed by atoms with Crippen molar-refractivity contribution < 1.29 is 14.1 Å². The minimum absolute atomic E-state index is 0.300. The number of hydrogen-bond acceptors (Lipinski definition) is 5. The van der Waals surface area contributed by atoms with Gasteiger partial charge in [0, 0.05) is 12.5 Å². The topological polar surface area (TPSA) is 68.5 Å². The van der Waals surface area contributed by atoms with Gasteiger partial charge >= 0.3 is 6.09 Å². The Kier molecular flexibility index (Phi) is 7.46. The lowest BCUT2D eigenvalue weighted by molar-refractivity contribution is 0.00443. The van der Waals surface area contributed by atoms with Crippen molar-refractivity contribution in [3.63, 3.8) is 0 Å². The molecular formula is C24H41N3O3. The molecule has 0 spiro atoms. The van der Waals surface area contributed by atoms with Crippen molar-refractivity contribution in [2.24, 2.45) is 5.92 Å². The van der Waals surface area contributed by atoms with Gasteiger partial charge in [0.1, 0.15) is 11.1 Å². The first-order valence-corrected chi connectivity index (χ1v) is 12.0. The third kappa shape index (κ3) is 5.76. The van der Waals surface area contributed by atoms with Gasteiger partial charge in [0.15, 0.2) is 5.82 Å². The standard InChI is InChI=1S/C24H41N3O3/c1-18-12-8-6-7-9-14-19(15-10-13-18)20-25-21(30-26-20)24(5)16-11-17-27(24)22(28)29-23(2,3)4/h18-19H,6-17H2,1-5H3. The maximum Gasteiger partial charge on any atom is 0.411 e. The minimum atomic E-state index is -0.588. The fraction of sp³-hybridized carbons (Fsp3) is 0.875. The molecule has 1 aromatic rings.